The Morgan fingerprint density at radius 1 is 1.33 bits per heavy atom. The number of rotatable bonds is 3. The second kappa shape index (κ2) is 4.55. The molecule has 0 aliphatic carbocycles. The molecule has 2 rings (SSSR count). The van der Waals surface area contributed by atoms with Crippen molar-refractivity contribution in [1.29, 1.82) is 0 Å². The Morgan fingerprint density at radius 3 is 2.93 bits per heavy atom. The first-order chi connectivity index (χ1) is 7.25. The van der Waals surface area contributed by atoms with Crippen LogP contribution in [0.4, 0.5) is 11.4 Å². The summed E-state index contributed by atoms with van der Waals surface area (Å²) >= 11 is 7.60. The predicted octanol–water partition coefficient (Wildman–Crippen LogP) is 3.60. The lowest BCUT2D eigenvalue weighted by molar-refractivity contribution is 1.19. The first kappa shape index (κ1) is 10.3. The van der Waals surface area contributed by atoms with E-state index in [1.165, 1.54) is 4.88 Å². The van der Waals surface area contributed by atoms with Gasteiger partial charge in [-0.2, -0.15) is 0 Å². The smallest absolute Gasteiger partial charge is 0.0591 e. The number of benzene rings is 1. The van der Waals surface area contributed by atoms with Crippen LogP contribution in [0.3, 0.4) is 0 Å². The largest absolute Gasteiger partial charge is 0.397 e. The molecule has 0 saturated carbocycles. The highest BCUT2D eigenvalue weighted by molar-refractivity contribution is 7.09. The van der Waals surface area contributed by atoms with Crippen molar-refractivity contribution in [2.45, 2.75) is 6.54 Å². The molecule has 78 valence electrons. The maximum absolute atomic E-state index is 5.88. The van der Waals surface area contributed by atoms with E-state index in [-0.39, 0.29) is 0 Å². The fourth-order valence-corrected chi connectivity index (χ4v) is 2.09. The third kappa shape index (κ3) is 2.64. The highest BCUT2D eigenvalue weighted by atomic mass is 35.5. The fraction of sp³-hybridized carbons (Fsp3) is 0.0909. The quantitative estimate of drug-likeness (QED) is 0.802. The van der Waals surface area contributed by atoms with Crippen molar-refractivity contribution in [3.63, 3.8) is 0 Å². The van der Waals surface area contributed by atoms with E-state index >= 15 is 0 Å². The number of nitrogens with two attached hydrogens (primary N) is 1. The van der Waals surface area contributed by atoms with E-state index in [0.717, 1.165) is 17.9 Å². The van der Waals surface area contributed by atoms with E-state index in [0.29, 0.717) is 5.02 Å². The number of nitrogens with one attached hydrogen (secondary N) is 1. The van der Waals surface area contributed by atoms with Gasteiger partial charge in [-0.25, -0.2) is 0 Å². The summed E-state index contributed by atoms with van der Waals surface area (Å²) in [5.74, 6) is 0. The van der Waals surface area contributed by atoms with Crippen LogP contribution in [0, 0.1) is 0 Å². The Bertz CT molecular complexity index is 440. The number of halogens is 1. The molecule has 1 aromatic carbocycles. The molecule has 2 aromatic rings. The fourth-order valence-electron chi connectivity index (χ4n) is 1.28. The summed E-state index contributed by atoms with van der Waals surface area (Å²) in [7, 11) is 0. The topological polar surface area (TPSA) is 38.0 Å². The third-order valence-corrected chi connectivity index (χ3v) is 3.16. The summed E-state index contributed by atoms with van der Waals surface area (Å²) in [6.45, 7) is 0.780. The molecule has 1 heterocycles. The summed E-state index contributed by atoms with van der Waals surface area (Å²) in [4.78, 5) is 1.27. The lowest BCUT2D eigenvalue weighted by Gasteiger charge is -2.08. The molecule has 0 amide bonds. The van der Waals surface area contributed by atoms with Crippen molar-refractivity contribution in [1.82, 2.24) is 0 Å². The summed E-state index contributed by atoms with van der Waals surface area (Å²) in [6, 6.07) is 9.54. The van der Waals surface area contributed by atoms with Crippen LogP contribution in [0.25, 0.3) is 0 Å². The zero-order valence-corrected chi connectivity index (χ0v) is 9.61. The standard InChI is InChI=1S/C11H11ClN2S/c12-8-3-4-10(13)11(6-8)14-7-9-2-1-5-15-9/h1-6,14H,7,13H2. The first-order valence-electron chi connectivity index (χ1n) is 4.57. The van der Waals surface area contributed by atoms with E-state index in [1.807, 2.05) is 12.1 Å². The van der Waals surface area contributed by atoms with Gasteiger partial charge in [-0.05, 0) is 29.6 Å². The Morgan fingerprint density at radius 2 is 2.20 bits per heavy atom. The van der Waals surface area contributed by atoms with E-state index in [1.54, 1.807) is 23.5 Å². The van der Waals surface area contributed by atoms with E-state index < -0.39 is 0 Å². The number of hydrogen-bond donors (Lipinski definition) is 2. The summed E-state index contributed by atoms with van der Waals surface area (Å²) in [5, 5.41) is 6.00. The molecule has 2 nitrogen and oxygen atoms in total. The Labute approximate surface area is 97.7 Å². The predicted molar refractivity (Wildman–Crippen MR) is 67.5 cm³/mol. The van der Waals surface area contributed by atoms with Crippen molar-refractivity contribution in [2.24, 2.45) is 0 Å². The maximum Gasteiger partial charge on any atom is 0.0591 e. The lowest BCUT2D eigenvalue weighted by atomic mass is 10.2. The molecule has 0 aliphatic rings. The molecular weight excluding hydrogens is 228 g/mol. The van der Waals surface area contributed by atoms with Crippen molar-refractivity contribution >= 4 is 34.3 Å². The van der Waals surface area contributed by atoms with Gasteiger partial charge in [0.1, 0.15) is 0 Å². The zero-order valence-electron chi connectivity index (χ0n) is 8.03. The van der Waals surface area contributed by atoms with Gasteiger partial charge in [0.05, 0.1) is 11.4 Å². The molecule has 15 heavy (non-hydrogen) atoms. The van der Waals surface area contributed by atoms with Crippen molar-refractivity contribution in [3.05, 3.63) is 45.6 Å². The van der Waals surface area contributed by atoms with Gasteiger partial charge in [-0.1, -0.05) is 17.7 Å². The SMILES string of the molecule is Nc1ccc(Cl)cc1NCc1cccs1. The number of thiophene rings is 1. The van der Waals surface area contributed by atoms with Crippen molar-refractivity contribution in [3.8, 4) is 0 Å². The maximum atomic E-state index is 5.88. The molecule has 0 spiro atoms. The third-order valence-electron chi connectivity index (χ3n) is 2.05. The first-order valence-corrected chi connectivity index (χ1v) is 5.83. The van der Waals surface area contributed by atoms with Gasteiger partial charge < -0.3 is 11.1 Å². The van der Waals surface area contributed by atoms with Crippen LogP contribution < -0.4 is 11.1 Å². The van der Waals surface area contributed by atoms with Gasteiger partial charge in [0.25, 0.3) is 0 Å². The highest BCUT2D eigenvalue weighted by Crippen LogP contribution is 2.23. The van der Waals surface area contributed by atoms with Gasteiger partial charge >= 0.3 is 0 Å². The van der Waals surface area contributed by atoms with Crippen LogP contribution >= 0.6 is 22.9 Å². The number of hydrogen-bond acceptors (Lipinski definition) is 3. The second-order valence-corrected chi connectivity index (χ2v) is 4.63. The minimum atomic E-state index is 0.692. The van der Waals surface area contributed by atoms with Crippen LogP contribution in [0.2, 0.25) is 5.02 Å². The molecule has 0 aliphatic heterocycles. The zero-order chi connectivity index (χ0) is 10.7. The summed E-state index contributed by atoms with van der Waals surface area (Å²) in [5.41, 5.74) is 7.41. The second-order valence-electron chi connectivity index (χ2n) is 3.16. The van der Waals surface area contributed by atoms with Crippen LogP contribution in [0.5, 0.6) is 0 Å². The molecule has 0 bridgehead atoms. The van der Waals surface area contributed by atoms with Gasteiger partial charge in [0.2, 0.25) is 0 Å². The van der Waals surface area contributed by atoms with Crippen LogP contribution in [-0.2, 0) is 6.54 Å². The van der Waals surface area contributed by atoms with Crippen molar-refractivity contribution in [2.75, 3.05) is 11.1 Å². The number of nitrogen functional groups attached to an aromatic ring is 1. The Kier molecular flexibility index (Phi) is 3.14. The van der Waals surface area contributed by atoms with Crippen LogP contribution in [0.1, 0.15) is 4.88 Å². The minimum absolute atomic E-state index is 0.692. The summed E-state index contributed by atoms with van der Waals surface area (Å²) < 4.78 is 0. The van der Waals surface area contributed by atoms with Gasteiger partial charge in [-0.3, -0.25) is 0 Å². The molecule has 4 heteroatoms. The van der Waals surface area contributed by atoms with Crippen LogP contribution in [-0.4, -0.2) is 0 Å². The molecular formula is C11H11ClN2S. The average Bonchev–Trinajstić information content (AvgIpc) is 2.72. The lowest BCUT2D eigenvalue weighted by Crippen LogP contribution is -2.00. The molecule has 0 atom stereocenters. The molecule has 1 aromatic heterocycles. The van der Waals surface area contributed by atoms with Gasteiger partial charge in [-0.15, -0.1) is 11.3 Å². The monoisotopic (exact) mass is 238 g/mol. The molecule has 0 saturated heterocycles. The summed E-state index contributed by atoms with van der Waals surface area (Å²) in [6.07, 6.45) is 0. The normalized spacial score (nSPS) is 10.2. The van der Waals surface area contributed by atoms with Crippen LogP contribution in [0.15, 0.2) is 35.7 Å². The highest BCUT2D eigenvalue weighted by Gasteiger charge is 2.00. The van der Waals surface area contributed by atoms with E-state index in [9.17, 15) is 0 Å². The van der Waals surface area contributed by atoms with Crippen molar-refractivity contribution < 1.29 is 0 Å². The number of anilines is 2. The average molecular weight is 239 g/mol. The van der Waals surface area contributed by atoms with Gasteiger partial charge in [0.15, 0.2) is 0 Å². The van der Waals surface area contributed by atoms with E-state index in [4.69, 9.17) is 17.3 Å². The molecule has 0 unspecified atom stereocenters. The molecule has 3 N–H and O–H groups in total. The van der Waals surface area contributed by atoms with E-state index in [2.05, 4.69) is 16.8 Å². The molecule has 0 radical (unpaired) electrons. The minimum Gasteiger partial charge on any atom is -0.397 e. The van der Waals surface area contributed by atoms with Gasteiger partial charge in [0, 0.05) is 16.4 Å². The Hall–Kier alpha value is -1.19. The Balaban J connectivity index is 2.07. The molecule has 0 fully saturated rings.